The van der Waals surface area contributed by atoms with Gasteiger partial charge in [-0.3, -0.25) is 4.98 Å². The molecule has 0 saturated carbocycles. The SMILES string of the molecule is O=C(O)c1ccncc1Oc1nc(C(F)(F)F)ns1. The van der Waals surface area contributed by atoms with E-state index in [2.05, 4.69) is 14.3 Å². The monoisotopic (exact) mass is 291 g/mol. The minimum absolute atomic E-state index is 0.208. The highest BCUT2D eigenvalue weighted by molar-refractivity contribution is 7.07. The number of carboxylic acid groups (broad SMARTS) is 1. The Hall–Kier alpha value is -2.23. The fraction of sp³-hybridized carbons (Fsp3) is 0.111. The van der Waals surface area contributed by atoms with Crippen molar-refractivity contribution in [2.24, 2.45) is 0 Å². The van der Waals surface area contributed by atoms with E-state index in [0.717, 1.165) is 12.3 Å². The van der Waals surface area contributed by atoms with Crippen LogP contribution >= 0.6 is 11.5 Å². The normalized spacial score (nSPS) is 11.3. The molecule has 6 nitrogen and oxygen atoms in total. The minimum atomic E-state index is -4.68. The number of alkyl halides is 3. The van der Waals surface area contributed by atoms with Gasteiger partial charge in [0, 0.05) is 17.7 Å². The number of halogens is 3. The zero-order chi connectivity index (χ0) is 14.0. The van der Waals surface area contributed by atoms with Gasteiger partial charge in [-0.1, -0.05) is 0 Å². The molecule has 0 aliphatic rings. The van der Waals surface area contributed by atoms with E-state index in [1.54, 1.807) is 0 Å². The summed E-state index contributed by atoms with van der Waals surface area (Å²) in [4.78, 5) is 17.6. The molecule has 0 aliphatic carbocycles. The number of aromatic nitrogens is 3. The van der Waals surface area contributed by atoms with Gasteiger partial charge >= 0.3 is 12.1 Å². The number of hydrogen-bond acceptors (Lipinski definition) is 6. The van der Waals surface area contributed by atoms with E-state index in [9.17, 15) is 18.0 Å². The number of pyridine rings is 1. The summed E-state index contributed by atoms with van der Waals surface area (Å²) in [5.74, 6) is -2.84. The van der Waals surface area contributed by atoms with Crippen LogP contribution in [0.5, 0.6) is 10.9 Å². The minimum Gasteiger partial charge on any atom is -0.478 e. The van der Waals surface area contributed by atoms with Crippen molar-refractivity contribution in [3.63, 3.8) is 0 Å². The van der Waals surface area contributed by atoms with Gasteiger partial charge in [0.1, 0.15) is 5.56 Å². The maximum absolute atomic E-state index is 12.3. The Morgan fingerprint density at radius 2 is 2.16 bits per heavy atom. The van der Waals surface area contributed by atoms with Gasteiger partial charge in [0.2, 0.25) is 0 Å². The fourth-order valence-electron chi connectivity index (χ4n) is 1.10. The molecule has 0 aromatic carbocycles. The van der Waals surface area contributed by atoms with E-state index in [1.807, 2.05) is 0 Å². The molecule has 19 heavy (non-hydrogen) atoms. The van der Waals surface area contributed by atoms with Crippen molar-refractivity contribution in [1.82, 2.24) is 14.3 Å². The Morgan fingerprint density at radius 3 is 2.74 bits per heavy atom. The standard InChI is InChI=1S/C9H4F3N3O3S/c10-9(11,12)7-14-8(19-15-7)18-5-3-13-2-1-4(5)6(16)17/h1-3H,(H,16,17). The van der Waals surface area contributed by atoms with Crippen LogP contribution in [0.2, 0.25) is 0 Å². The zero-order valence-corrected chi connectivity index (χ0v) is 9.70. The lowest BCUT2D eigenvalue weighted by Gasteiger charge is -2.03. The van der Waals surface area contributed by atoms with Crippen LogP contribution in [0, 0.1) is 0 Å². The molecule has 2 rings (SSSR count). The molecule has 0 unspecified atom stereocenters. The van der Waals surface area contributed by atoms with E-state index < -0.39 is 23.2 Å². The molecule has 10 heteroatoms. The van der Waals surface area contributed by atoms with Crippen LogP contribution in [0.4, 0.5) is 13.2 Å². The van der Waals surface area contributed by atoms with E-state index in [0.29, 0.717) is 11.5 Å². The van der Waals surface area contributed by atoms with Crippen LogP contribution in [-0.4, -0.2) is 25.4 Å². The van der Waals surface area contributed by atoms with E-state index in [4.69, 9.17) is 9.84 Å². The maximum Gasteiger partial charge on any atom is 0.452 e. The highest BCUT2D eigenvalue weighted by Gasteiger charge is 2.36. The number of hydrogen-bond donors (Lipinski definition) is 1. The molecule has 0 saturated heterocycles. The zero-order valence-electron chi connectivity index (χ0n) is 8.88. The van der Waals surface area contributed by atoms with Gasteiger partial charge in [-0.15, -0.1) is 0 Å². The molecule has 0 amide bonds. The molecule has 0 fully saturated rings. The summed E-state index contributed by atoms with van der Waals surface area (Å²) in [6.45, 7) is 0. The summed E-state index contributed by atoms with van der Waals surface area (Å²) in [7, 11) is 0. The number of rotatable bonds is 3. The highest BCUT2D eigenvalue weighted by atomic mass is 32.1. The second-order valence-electron chi connectivity index (χ2n) is 3.16. The second kappa shape index (κ2) is 4.80. The Bertz CT molecular complexity index is 614. The fourth-order valence-corrected chi connectivity index (χ4v) is 1.66. The second-order valence-corrected chi connectivity index (χ2v) is 3.88. The third kappa shape index (κ3) is 2.96. The van der Waals surface area contributed by atoms with Crippen molar-refractivity contribution < 1.29 is 27.8 Å². The summed E-state index contributed by atoms with van der Waals surface area (Å²) in [5.41, 5.74) is -0.237. The number of carbonyl (C=O) groups is 1. The summed E-state index contributed by atoms with van der Waals surface area (Å²) in [6, 6.07) is 1.16. The average molecular weight is 291 g/mol. The first-order chi connectivity index (χ1) is 8.88. The summed E-state index contributed by atoms with van der Waals surface area (Å²) in [5, 5.41) is 8.44. The quantitative estimate of drug-likeness (QED) is 0.934. The molecule has 2 heterocycles. The largest absolute Gasteiger partial charge is 0.478 e. The molecule has 0 spiro atoms. The van der Waals surface area contributed by atoms with E-state index in [1.165, 1.54) is 6.20 Å². The predicted molar refractivity (Wildman–Crippen MR) is 56.2 cm³/mol. The van der Waals surface area contributed by atoms with Crippen LogP contribution in [0.3, 0.4) is 0 Å². The van der Waals surface area contributed by atoms with Crippen LogP contribution in [0.1, 0.15) is 16.2 Å². The molecule has 1 N–H and O–H groups in total. The number of carboxylic acids is 1. The topological polar surface area (TPSA) is 85.2 Å². The average Bonchev–Trinajstić information content (AvgIpc) is 2.77. The molecule has 2 aromatic heterocycles. The molecule has 100 valence electrons. The van der Waals surface area contributed by atoms with Crippen LogP contribution < -0.4 is 4.74 Å². The lowest BCUT2D eigenvalue weighted by molar-refractivity contribution is -0.144. The van der Waals surface area contributed by atoms with Crippen LogP contribution in [0.25, 0.3) is 0 Å². The Kier molecular flexibility index (Phi) is 3.34. The summed E-state index contributed by atoms with van der Waals surface area (Å²) in [6.07, 6.45) is -2.39. The number of nitrogens with zero attached hydrogens (tertiary/aromatic N) is 3. The van der Waals surface area contributed by atoms with Gasteiger partial charge in [0.15, 0.2) is 5.75 Å². The van der Waals surface area contributed by atoms with Gasteiger partial charge in [-0.2, -0.15) is 22.5 Å². The van der Waals surface area contributed by atoms with Gasteiger partial charge < -0.3 is 9.84 Å². The van der Waals surface area contributed by atoms with Crippen molar-refractivity contribution in [3.05, 3.63) is 29.8 Å². The summed E-state index contributed by atoms with van der Waals surface area (Å²) < 4.78 is 44.8. The summed E-state index contributed by atoms with van der Waals surface area (Å²) >= 11 is 0.368. The molecular formula is C9H4F3N3O3S. The first-order valence-electron chi connectivity index (χ1n) is 4.64. The molecule has 0 aliphatic heterocycles. The highest BCUT2D eigenvalue weighted by Crippen LogP contribution is 2.32. The lowest BCUT2D eigenvalue weighted by Crippen LogP contribution is -2.07. The molecule has 0 bridgehead atoms. The smallest absolute Gasteiger partial charge is 0.452 e. The van der Waals surface area contributed by atoms with Crippen molar-refractivity contribution >= 4 is 17.5 Å². The van der Waals surface area contributed by atoms with Gasteiger partial charge in [0.25, 0.3) is 11.0 Å². The van der Waals surface area contributed by atoms with E-state index in [-0.39, 0.29) is 11.3 Å². The third-order valence-corrected chi connectivity index (χ3v) is 2.47. The van der Waals surface area contributed by atoms with Crippen LogP contribution in [0.15, 0.2) is 18.5 Å². The van der Waals surface area contributed by atoms with Gasteiger partial charge in [-0.05, 0) is 6.07 Å². The van der Waals surface area contributed by atoms with Gasteiger partial charge in [0.05, 0.1) is 6.20 Å². The molecule has 0 radical (unpaired) electrons. The molecular weight excluding hydrogens is 287 g/mol. The maximum atomic E-state index is 12.3. The van der Waals surface area contributed by atoms with E-state index >= 15 is 0 Å². The lowest BCUT2D eigenvalue weighted by atomic mass is 10.2. The van der Waals surface area contributed by atoms with Crippen LogP contribution in [-0.2, 0) is 6.18 Å². The van der Waals surface area contributed by atoms with Gasteiger partial charge in [-0.25, -0.2) is 4.79 Å². The molecule has 0 atom stereocenters. The Labute approximate surface area is 107 Å². The van der Waals surface area contributed by atoms with Crippen molar-refractivity contribution in [3.8, 4) is 10.9 Å². The van der Waals surface area contributed by atoms with Crippen molar-refractivity contribution in [2.45, 2.75) is 6.18 Å². The predicted octanol–water partition coefficient (Wildman–Crippen LogP) is 2.44. The number of ether oxygens (including phenoxy) is 1. The molecule has 2 aromatic rings. The number of aromatic carboxylic acids is 1. The van der Waals surface area contributed by atoms with Crippen molar-refractivity contribution in [2.75, 3.05) is 0 Å². The first-order valence-corrected chi connectivity index (χ1v) is 5.41. The first kappa shape index (κ1) is 13.2. The Morgan fingerprint density at radius 1 is 1.42 bits per heavy atom. The third-order valence-electron chi connectivity index (χ3n) is 1.87. The van der Waals surface area contributed by atoms with Crippen molar-refractivity contribution in [1.29, 1.82) is 0 Å². The Balaban J connectivity index is 2.27.